The molecule has 26 heavy (non-hydrogen) atoms. The van der Waals surface area contributed by atoms with Crippen LogP contribution in [0, 0.1) is 0 Å². The quantitative estimate of drug-likeness (QED) is 0.570. The van der Waals surface area contributed by atoms with Gasteiger partial charge in [0.2, 0.25) is 5.95 Å². The largest absolute Gasteiger partial charge is 0.383 e. The molecule has 146 valence electrons. The van der Waals surface area contributed by atoms with E-state index in [-0.39, 0.29) is 17.2 Å². The summed E-state index contributed by atoms with van der Waals surface area (Å²) < 4.78 is 0. The van der Waals surface area contributed by atoms with E-state index in [2.05, 4.69) is 29.1 Å². The average molecular weight is 364 g/mol. The Balaban J connectivity index is 0.000000590. The molecule has 1 atom stereocenters. The number of hydrogen-bond donors (Lipinski definition) is 3. The third-order valence-electron chi connectivity index (χ3n) is 3.37. The van der Waals surface area contributed by atoms with Gasteiger partial charge in [0, 0.05) is 18.8 Å². The Bertz CT molecular complexity index is 601. The summed E-state index contributed by atoms with van der Waals surface area (Å²) in [5.74, 6) is 0.0423. The Morgan fingerprint density at radius 3 is 2.42 bits per heavy atom. The summed E-state index contributed by atoms with van der Waals surface area (Å²) >= 11 is 0. The summed E-state index contributed by atoms with van der Waals surface area (Å²) in [5.41, 5.74) is 10.9. The molecule has 1 aromatic heterocycles. The van der Waals surface area contributed by atoms with Crippen LogP contribution in [0.15, 0.2) is 18.3 Å². The van der Waals surface area contributed by atoms with E-state index < -0.39 is 5.91 Å². The Morgan fingerprint density at radius 1 is 1.35 bits per heavy atom. The number of rotatable bonds is 9. The van der Waals surface area contributed by atoms with Gasteiger partial charge in [-0.05, 0) is 39.9 Å². The number of allylic oxidation sites excluding steroid dienone is 1. The monoisotopic (exact) mass is 364 g/mol. The first-order chi connectivity index (χ1) is 12.2. The molecule has 0 fully saturated rings. The minimum absolute atomic E-state index is 0.108. The van der Waals surface area contributed by atoms with Crippen LogP contribution in [0.3, 0.4) is 0 Å². The van der Waals surface area contributed by atoms with Gasteiger partial charge in [-0.1, -0.05) is 26.3 Å². The van der Waals surface area contributed by atoms with Crippen molar-refractivity contribution in [2.75, 3.05) is 31.7 Å². The van der Waals surface area contributed by atoms with E-state index in [1.807, 2.05) is 25.1 Å². The minimum atomic E-state index is -0.616. The highest BCUT2D eigenvalue weighted by Crippen LogP contribution is 2.12. The van der Waals surface area contributed by atoms with E-state index in [1.165, 1.54) is 6.20 Å². The van der Waals surface area contributed by atoms with Crippen LogP contribution in [-0.2, 0) is 4.79 Å². The molecule has 1 heterocycles. The highest BCUT2D eigenvalue weighted by molar-refractivity contribution is 5.96. The number of nitrogens with two attached hydrogens (primary N) is 2. The number of amides is 1. The predicted molar refractivity (Wildman–Crippen MR) is 106 cm³/mol. The maximum atomic E-state index is 11.0. The van der Waals surface area contributed by atoms with E-state index >= 15 is 0 Å². The lowest BCUT2D eigenvalue weighted by Crippen LogP contribution is -2.21. The number of primary amides is 1. The number of nitrogens with zero attached hydrogens (tertiary/aromatic N) is 3. The number of carbonyl (C=O) groups is 2. The number of likely N-dealkylation sites (N-methyl/N-ethyl adjacent to an activating group) is 1. The zero-order valence-electron chi connectivity index (χ0n) is 16.5. The van der Waals surface area contributed by atoms with Gasteiger partial charge in [0.05, 0.1) is 5.56 Å². The van der Waals surface area contributed by atoms with Gasteiger partial charge in [-0.15, -0.1) is 0 Å². The van der Waals surface area contributed by atoms with Gasteiger partial charge in [-0.2, -0.15) is 4.98 Å². The molecule has 0 aromatic carbocycles. The maximum absolute atomic E-state index is 11.0. The van der Waals surface area contributed by atoms with Crippen LogP contribution in [0.4, 0.5) is 11.8 Å². The topological polar surface area (TPSA) is 127 Å². The van der Waals surface area contributed by atoms with Crippen molar-refractivity contribution >= 4 is 23.5 Å². The van der Waals surface area contributed by atoms with Crippen LogP contribution in [0.2, 0.25) is 0 Å². The van der Waals surface area contributed by atoms with Crippen LogP contribution >= 0.6 is 0 Å². The lowest BCUT2D eigenvalue weighted by atomic mass is 10.1. The van der Waals surface area contributed by atoms with Crippen LogP contribution in [0.1, 0.15) is 50.4 Å². The molecule has 0 saturated heterocycles. The average Bonchev–Trinajstić information content (AvgIpc) is 2.54. The molecule has 0 aliphatic rings. The molecule has 8 nitrogen and oxygen atoms in total. The summed E-state index contributed by atoms with van der Waals surface area (Å²) in [6, 6.07) is 0.318. The number of hydrogen-bond acceptors (Lipinski definition) is 7. The second-order valence-electron chi connectivity index (χ2n) is 6.17. The Hall–Kier alpha value is -2.48. The van der Waals surface area contributed by atoms with Crippen molar-refractivity contribution in [3.63, 3.8) is 0 Å². The minimum Gasteiger partial charge on any atom is -0.383 e. The zero-order chi connectivity index (χ0) is 20.1. The smallest absolute Gasteiger partial charge is 0.254 e. The molecule has 0 bridgehead atoms. The normalized spacial score (nSPS) is 11.8. The van der Waals surface area contributed by atoms with Crippen LogP contribution in [0.25, 0.3) is 0 Å². The summed E-state index contributed by atoms with van der Waals surface area (Å²) in [7, 11) is 3.93. The third kappa shape index (κ3) is 10.4. The van der Waals surface area contributed by atoms with Crippen molar-refractivity contribution in [3.05, 3.63) is 23.9 Å². The highest BCUT2D eigenvalue weighted by Gasteiger charge is 2.11. The second kappa shape index (κ2) is 12.8. The van der Waals surface area contributed by atoms with Gasteiger partial charge in [0.1, 0.15) is 5.82 Å². The standard InChI is InChI=1S/C11H19N5O.C7H13NO/c1-3-5-7(4-2)15-11-14-6-8(10(13)17)9(12)16-11;1-7(9)5-4-6-8(2)3/h6-7H,3-5H2,1-2H3,(H2,13,17)(H3,12,14,15,16);4-5H,6H2,1-3H3/b;5-4+. The number of aromatic nitrogens is 2. The Morgan fingerprint density at radius 2 is 2.00 bits per heavy atom. The van der Waals surface area contributed by atoms with Gasteiger partial charge in [-0.3, -0.25) is 9.59 Å². The molecule has 1 unspecified atom stereocenters. The van der Waals surface area contributed by atoms with Crippen LogP contribution < -0.4 is 16.8 Å². The first-order valence-corrected chi connectivity index (χ1v) is 8.71. The SMILES string of the molecule is CC(=O)/C=C/CN(C)C.CCCC(CC)Nc1ncc(C(N)=O)c(N)n1. The maximum Gasteiger partial charge on any atom is 0.254 e. The van der Waals surface area contributed by atoms with Crippen LogP contribution in [0.5, 0.6) is 0 Å². The first kappa shape index (κ1) is 23.5. The van der Waals surface area contributed by atoms with Crippen molar-refractivity contribution in [2.24, 2.45) is 5.73 Å². The molecular weight excluding hydrogens is 332 g/mol. The molecule has 0 radical (unpaired) electrons. The van der Waals surface area contributed by atoms with E-state index in [4.69, 9.17) is 11.5 Å². The lowest BCUT2D eigenvalue weighted by molar-refractivity contribution is -0.112. The molecule has 1 rings (SSSR count). The molecule has 0 aliphatic carbocycles. The molecule has 5 N–H and O–H groups in total. The summed E-state index contributed by atoms with van der Waals surface area (Å²) in [6.07, 6.45) is 7.89. The number of carbonyl (C=O) groups excluding carboxylic acids is 2. The fourth-order valence-electron chi connectivity index (χ4n) is 1.99. The van der Waals surface area contributed by atoms with Gasteiger partial charge in [0.25, 0.3) is 5.91 Å². The Labute approximate surface area is 156 Å². The molecule has 0 spiro atoms. The van der Waals surface area contributed by atoms with E-state index in [9.17, 15) is 9.59 Å². The molecule has 1 amide bonds. The Kier molecular flexibility index (Phi) is 11.6. The predicted octanol–water partition coefficient (Wildman–Crippen LogP) is 1.84. The van der Waals surface area contributed by atoms with Crippen molar-refractivity contribution in [1.82, 2.24) is 14.9 Å². The summed E-state index contributed by atoms with van der Waals surface area (Å²) in [5, 5.41) is 3.18. The number of nitrogens with one attached hydrogen (secondary N) is 1. The van der Waals surface area contributed by atoms with E-state index in [0.717, 1.165) is 25.8 Å². The molecular formula is C18H32N6O2. The van der Waals surface area contributed by atoms with Gasteiger partial charge < -0.3 is 21.7 Å². The van der Waals surface area contributed by atoms with Gasteiger partial charge >= 0.3 is 0 Å². The van der Waals surface area contributed by atoms with Crippen molar-refractivity contribution in [1.29, 1.82) is 0 Å². The van der Waals surface area contributed by atoms with Crippen molar-refractivity contribution in [3.8, 4) is 0 Å². The number of anilines is 2. The molecule has 0 aliphatic heterocycles. The van der Waals surface area contributed by atoms with Gasteiger partial charge in [0.15, 0.2) is 5.78 Å². The molecule has 1 aromatic rings. The first-order valence-electron chi connectivity index (χ1n) is 8.71. The zero-order valence-corrected chi connectivity index (χ0v) is 16.5. The second-order valence-corrected chi connectivity index (χ2v) is 6.17. The lowest BCUT2D eigenvalue weighted by Gasteiger charge is -2.16. The van der Waals surface area contributed by atoms with E-state index in [0.29, 0.717) is 12.0 Å². The third-order valence-corrected chi connectivity index (χ3v) is 3.37. The fraction of sp³-hybridized carbons (Fsp3) is 0.556. The molecule has 0 saturated carbocycles. The summed E-state index contributed by atoms with van der Waals surface area (Å²) in [6.45, 7) is 6.59. The molecule has 8 heteroatoms. The summed E-state index contributed by atoms with van der Waals surface area (Å²) in [4.78, 5) is 31.3. The van der Waals surface area contributed by atoms with E-state index in [1.54, 1.807) is 13.0 Å². The number of nitrogen functional groups attached to an aromatic ring is 1. The van der Waals surface area contributed by atoms with Crippen molar-refractivity contribution in [2.45, 2.75) is 46.1 Å². The highest BCUT2D eigenvalue weighted by atomic mass is 16.1. The number of ketones is 1. The fourth-order valence-corrected chi connectivity index (χ4v) is 1.99. The van der Waals surface area contributed by atoms with Crippen molar-refractivity contribution < 1.29 is 9.59 Å². The van der Waals surface area contributed by atoms with Gasteiger partial charge in [-0.25, -0.2) is 4.98 Å². The van der Waals surface area contributed by atoms with Crippen LogP contribution in [-0.4, -0.2) is 53.2 Å².